The Morgan fingerprint density at radius 2 is 1.88 bits per heavy atom. The van der Waals surface area contributed by atoms with Crippen molar-refractivity contribution >= 4 is 28.5 Å². The minimum absolute atomic E-state index is 0.0860. The lowest BCUT2D eigenvalue weighted by molar-refractivity contribution is 0.0520. The molecule has 0 atom stereocenters. The number of nitrogens with zero attached hydrogens (tertiary/aromatic N) is 1. The Hall–Kier alpha value is -2.59. The number of pyridine rings is 1. The van der Waals surface area contributed by atoms with Crippen LogP contribution in [-0.4, -0.2) is 23.7 Å². The molecule has 0 unspecified atom stereocenters. The Balaban J connectivity index is 2.40. The fraction of sp³-hybridized carbons (Fsp3) is 0.238. The van der Waals surface area contributed by atoms with E-state index in [0.717, 1.165) is 10.9 Å². The number of halogens is 1. The molecule has 0 amide bonds. The fourth-order valence-electron chi connectivity index (χ4n) is 2.78. The number of carbonyl (C=O) groups excluding carboxylic acids is 1. The van der Waals surface area contributed by atoms with E-state index in [9.17, 15) is 4.79 Å². The summed E-state index contributed by atoms with van der Waals surface area (Å²) in [5, 5.41) is 1.34. The first-order chi connectivity index (χ1) is 12.5. The molecule has 1 heterocycles. The van der Waals surface area contributed by atoms with Gasteiger partial charge in [0.2, 0.25) is 0 Å². The molecule has 0 N–H and O–H groups in total. The van der Waals surface area contributed by atoms with Crippen LogP contribution in [0.3, 0.4) is 0 Å². The zero-order valence-corrected chi connectivity index (χ0v) is 15.7. The Kier molecular flexibility index (Phi) is 5.43. The summed E-state index contributed by atoms with van der Waals surface area (Å²) >= 11 is 6.20. The maximum atomic E-state index is 12.6. The number of fused-ring (bicyclic) bond motifs is 1. The maximum Gasteiger partial charge on any atom is 0.357 e. The molecule has 4 nitrogen and oxygen atoms in total. The molecule has 0 radical (unpaired) electrons. The monoisotopic (exact) mass is 369 g/mol. The van der Waals surface area contributed by atoms with Gasteiger partial charge in [-0.25, -0.2) is 9.78 Å². The van der Waals surface area contributed by atoms with Gasteiger partial charge in [0.25, 0.3) is 0 Å². The first-order valence-electron chi connectivity index (χ1n) is 8.53. The van der Waals surface area contributed by atoms with Crippen molar-refractivity contribution in [1.29, 1.82) is 0 Å². The number of hydrogen-bond acceptors (Lipinski definition) is 4. The van der Waals surface area contributed by atoms with Gasteiger partial charge < -0.3 is 9.47 Å². The average Bonchev–Trinajstić information content (AvgIpc) is 2.62. The smallest absolute Gasteiger partial charge is 0.357 e. The van der Waals surface area contributed by atoms with E-state index in [2.05, 4.69) is 4.98 Å². The lowest BCUT2D eigenvalue weighted by Crippen LogP contribution is -2.13. The number of ether oxygens (including phenoxy) is 2. The second-order valence-electron chi connectivity index (χ2n) is 6.08. The van der Waals surface area contributed by atoms with Crippen molar-refractivity contribution in [3.05, 3.63) is 59.2 Å². The van der Waals surface area contributed by atoms with Crippen molar-refractivity contribution in [2.24, 2.45) is 0 Å². The third kappa shape index (κ3) is 3.65. The van der Waals surface area contributed by atoms with Gasteiger partial charge in [0.05, 0.1) is 23.8 Å². The highest BCUT2D eigenvalue weighted by Gasteiger charge is 2.24. The molecule has 0 aliphatic rings. The van der Waals surface area contributed by atoms with Gasteiger partial charge in [-0.1, -0.05) is 41.9 Å². The van der Waals surface area contributed by atoms with Gasteiger partial charge in [-0.15, -0.1) is 0 Å². The Labute approximate surface area is 157 Å². The highest BCUT2D eigenvalue weighted by Crippen LogP contribution is 2.40. The molecular weight excluding hydrogens is 350 g/mol. The number of hydrogen-bond donors (Lipinski definition) is 0. The van der Waals surface area contributed by atoms with E-state index in [1.807, 2.05) is 50.2 Å². The standard InChI is InChI=1S/C21H20ClNO3/c1-4-25-21(24)19-18(14-8-6-5-7-9-14)20(26-13(2)3)16-12-15(22)10-11-17(16)23-19/h5-13H,4H2,1-3H3. The summed E-state index contributed by atoms with van der Waals surface area (Å²) in [5.41, 5.74) is 2.32. The number of rotatable bonds is 5. The van der Waals surface area contributed by atoms with E-state index in [4.69, 9.17) is 21.1 Å². The SMILES string of the molecule is CCOC(=O)c1nc2ccc(Cl)cc2c(OC(C)C)c1-c1ccccc1. The van der Waals surface area contributed by atoms with E-state index in [-0.39, 0.29) is 18.4 Å². The van der Waals surface area contributed by atoms with E-state index < -0.39 is 5.97 Å². The average molecular weight is 370 g/mol. The van der Waals surface area contributed by atoms with Crippen LogP contribution in [0.2, 0.25) is 5.02 Å². The van der Waals surface area contributed by atoms with Crippen LogP contribution in [0.15, 0.2) is 48.5 Å². The molecule has 26 heavy (non-hydrogen) atoms. The highest BCUT2D eigenvalue weighted by molar-refractivity contribution is 6.31. The second kappa shape index (κ2) is 7.75. The van der Waals surface area contributed by atoms with Crippen molar-refractivity contribution in [3.8, 4) is 16.9 Å². The minimum atomic E-state index is -0.475. The zero-order chi connectivity index (χ0) is 18.7. The van der Waals surface area contributed by atoms with Crippen LogP contribution in [0.4, 0.5) is 0 Å². The third-order valence-electron chi connectivity index (χ3n) is 3.78. The van der Waals surface area contributed by atoms with Crippen molar-refractivity contribution in [2.45, 2.75) is 26.9 Å². The van der Waals surface area contributed by atoms with Crippen molar-refractivity contribution < 1.29 is 14.3 Å². The maximum absolute atomic E-state index is 12.6. The van der Waals surface area contributed by atoms with Gasteiger partial charge in [0.1, 0.15) is 5.75 Å². The second-order valence-corrected chi connectivity index (χ2v) is 6.52. The summed E-state index contributed by atoms with van der Waals surface area (Å²) in [6.07, 6.45) is -0.0860. The number of esters is 1. The molecule has 2 aromatic carbocycles. The summed E-state index contributed by atoms with van der Waals surface area (Å²) in [4.78, 5) is 17.2. The fourth-order valence-corrected chi connectivity index (χ4v) is 2.96. The van der Waals surface area contributed by atoms with Crippen molar-refractivity contribution in [1.82, 2.24) is 4.98 Å². The quantitative estimate of drug-likeness (QED) is 0.555. The zero-order valence-electron chi connectivity index (χ0n) is 15.0. The first kappa shape index (κ1) is 18.2. The number of carbonyl (C=O) groups is 1. The molecule has 0 saturated heterocycles. The van der Waals surface area contributed by atoms with Gasteiger partial charge in [0.15, 0.2) is 5.69 Å². The van der Waals surface area contributed by atoms with Crippen LogP contribution >= 0.6 is 11.6 Å². The topological polar surface area (TPSA) is 48.4 Å². The molecule has 0 aliphatic heterocycles. The van der Waals surface area contributed by atoms with Crippen LogP contribution in [0, 0.1) is 0 Å². The summed E-state index contributed by atoms with van der Waals surface area (Å²) in [6, 6.07) is 14.9. The summed E-state index contributed by atoms with van der Waals surface area (Å²) in [6.45, 7) is 5.92. The molecule has 134 valence electrons. The van der Waals surface area contributed by atoms with Crippen molar-refractivity contribution in [3.63, 3.8) is 0 Å². The summed E-state index contributed by atoms with van der Waals surface area (Å²) < 4.78 is 11.4. The van der Waals surface area contributed by atoms with Crippen LogP contribution in [0.1, 0.15) is 31.3 Å². The van der Waals surface area contributed by atoms with Crippen LogP contribution in [0.5, 0.6) is 5.75 Å². The van der Waals surface area contributed by atoms with E-state index in [0.29, 0.717) is 21.9 Å². The molecule has 0 aliphatic carbocycles. The van der Waals surface area contributed by atoms with Gasteiger partial charge in [-0.2, -0.15) is 0 Å². The summed E-state index contributed by atoms with van der Waals surface area (Å²) in [7, 11) is 0. The molecule has 3 aromatic rings. The first-order valence-corrected chi connectivity index (χ1v) is 8.91. The van der Waals surface area contributed by atoms with Crippen LogP contribution in [-0.2, 0) is 4.74 Å². The Morgan fingerprint density at radius 1 is 1.15 bits per heavy atom. The molecule has 5 heteroatoms. The molecule has 3 rings (SSSR count). The van der Waals surface area contributed by atoms with Gasteiger partial charge in [-0.05, 0) is 44.5 Å². The Bertz CT molecular complexity index is 939. The van der Waals surface area contributed by atoms with E-state index in [1.165, 1.54) is 0 Å². The highest BCUT2D eigenvalue weighted by atomic mass is 35.5. The van der Waals surface area contributed by atoms with Crippen LogP contribution < -0.4 is 4.74 Å². The predicted molar refractivity (Wildman–Crippen MR) is 104 cm³/mol. The van der Waals surface area contributed by atoms with Gasteiger partial charge in [-0.3, -0.25) is 0 Å². The number of benzene rings is 2. The molecule has 0 saturated carbocycles. The largest absolute Gasteiger partial charge is 0.490 e. The number of aromatic nitrogens is 1. The Morgan fingerprint density at radius 3 is 2.54 bits per heavy atom. The minimum Gasteiger partial charge on any atom is -0.490 e. The summed E-state index contributed by atoms with van der Waals surface area (Å²) in [5.74, 6) is 0.110. The van der Waals surface area contributed by atoms with Crippen molar-refractivity contribution in [2.75, 3.05) is 6.61 Å². The molecule has 0 spiro atoms. The van der Waals surface area contributed by atoms with Crippen LogP contribution in [0.25, 0.3) is 22.0 Å². The predicted octanol–water partition coefficient (Wildman–Crippen LogP) is 5.52. The van der Waals surface area contributed by atoms with Gasteiger partial charge in [0, 0.05) is 10.4 Å². The molecular formula is C21H20ClNO3. The molecule has 0 bridgehead atoms. The molecule has 0 fully saturated rings. The lowest BCUT2D eigenvalue weighted by Gasteiger charge is -2.19. The lowest BCUT2D eigenvalue weighted by atomic mass is 9.99. The van der Waals surface area contributed by atoms with Gasteiger partial charge >= 0.3 is 5.97 Å². The normalized spacial score (nSPS) is 11.0. The van der Waals surface area contributed by atoms with E-state index >= 15 is 0 Å². The van der Waals surface area contributed by atoms with E-state index in [1.54, 1.807) is 19.1 Å². The third-order valence-corrected chi connectivity index (χ3v) is 4.02. The molecule has 1 aromatic heterocycles.